The average Bonchev–Trinajstić information content (AvgIpc) is 2.46. The van der Waals surface area contributed by atoms with E-state index in [-0.39, 0.29) is 5.69 Å². The monoisotopic (exact) mass is 264 g/mol. The summed E-state index contributed by atoms with van der Waals surface area (Å²) >= 11 is 0. The number of hydrogen-bond donors (Lipinski definition) is 2. The van der Waals surface area contributed by atoms with Crippen molar-refractivity contribution in [3.8, 4) is 0 Å². The van der Waals surface area contributed by atoms with Gasteiger partial charge in [-0.2, -0.15) is 0 Å². The number of nitrogens with one attached hydrogen (secondary N) is 1. The minimum Gasteiger partial charge on any atom is -0.476 e. The Kier molecular flexibility index (Phi) is 4.68. The first-order valence-electron chi connectivity index (χ1n) is 6.72. The van der Waals surface area contributed by atoms with E-state index >= 15 is 0 Å². The highest BCUT2D eigenvalue weighted by atomic mass is 16.4. The summed E-state index contributed by atoms with van der Waals surface area (Å²) in [5, 5.41) is 19.4. The van der Waals surface area contributed by atoms with E-state index in [1.807, 2.05) is 0 Å². The van der Waals surface area contributed by atoms with Crippen LogP contribution >= 0.6 is 0 Å². The van der Waals surface area contributed by atoms with Crippen LogP contribution in [0.4, 0.5) is 5.82 Å². The number of likely N-dealkylation sites (tertiary alicyclic amines) is 1. The number of rotatable bonds is 5. The topological polar surface area (TPSA) is 78.3 Å². The molecule has 2 N–H and O–H groups in total. The molecule has 0 bridgehead atoms. The normalized spacial score (nSPS) is 17.9. The number of carbonyl (C=O) groups is 1. The maximum absolute atomic E-state index is 10.7. The molecule has 0 aromatic carbocycles. The van der Waals surface area contributed by atoms with E-state index < -0.39 is 5.97 Å². The molecular weight excluding hydrogens is 244 g/mol. The van der Waals surface area contributed by atoms with Gasteiger partial charge in [-0.05, 0) is 45.0 Å². The van der Waals surface area contributed by atoms with Gasteiger partial charge in [0.05, 0.1) is 0 Å². The van der Waals surface area contributed by atoms with Crippen molar-refractivity contribution < 1.29 is 9.90 Å². The largest absolute Gasteiger partial charge is 0.476 e. The van der Waals surface area contributed by atoms with Crippen LogP contribution in [-0.2, 0) is 0 Å². The molecular formula is C13H20N4O2. The lowest BCUT2D eigenvalue weighted by molar-refractivity contribution is 0.0689. The fourth-order valence-corrected chi connectivity index (χ4v) is 2.28. The van der Waals surface area contributed by atoms with Crippen molar-refractivity contribution >= 4 is 11.8 Å². The molecule has 1 fully saturated rings. The van der Waals surface area contributed by atoms with Gasteiger partial charge in [-0.15, -0.1) is 10.2 Å². The van der Waals surface area contributed by atoms with Gasteiger partial charge in [0.1, 0.15) is 5.82 Å². The Balaban J connectivity index is 1.82. The maximum atomic E-state index is 10.7. The van der Waals surface area contributed by atoms with Crippen LogP contribution in [0.3, 0.4) is 0 Å². The summed E-state index contributed by atoms with van der Waals surface area (Å²) in [4.78, 5) is 13.1. The average molecular weight is 264 g/mol. The highest BCUT2D eigenvalue weighted by molar-refractivity contribution is 5.85. The molecule has 1 saturated heterocycles. The minimum absolute atomic E-state index is 0.0328. The third kappa shape index (κ3) is 3.89. The Morgan fingerprint density at radius 3 is 2.68 bits per heavy atom. The first-order chi connectivity index (χ1) is 9.16. The molecule has 1 aromatic rings. The summed E-state index contributed by atoms with van der Waals surface area (Å²) in [5.74, 6) is -0.436. The number of piperidine rings is 1. The van der Waals surface area contributed by atoms with Crippen molar-refractivity contribution in [2.45, 2.75) is 32.2 Å². The van der Waals surface area contributed by atoms with Crippen molar-refractivity contribution in [1.29, 1.82) is 0 Å². The van der Waals surface area contributed by atoms with Crippen LogP contribution in [0.5, 0.6) is 0 Å². The second-order valence-corrected chi connectivity index (χ2v) is 4.94. The van der Waals surface area contributed by atoms with Crippen molar-refractivity contribution in [2.24, 2.45) is 0 Å². The van der Waals surface area contributed by atoms with Crippen molar-refractivity contribution in [3.05, 3.63) is 17.8 Å². The molecule has 1 aliphatic rings. The van der Waals surface area contributed by atoms with E-state index in [1.54, 1.807) is 6.07 Å². The second kappa shape index (κ2) is 6.47. The smallest absolute Gasteiger partial charge is 0.356 e. The first-order valence-corrected chi connectivity index (χ1v) is 6.72. The number of carboxylic acid groups (broad SMARTS) is 1. The summed E-state index contributed by atoms with van der Waals surface area (Å²) in [5.41, 5.74) is -0.0328. The van der Waals surface area contributed by atoms with E-state index in [0.717, 1.165) is 19.6 Å². The molecule has 1 aliphatic heterocycles. The molecule has 1 atom stereocenters. The third-order valence-electron chi connectivity index (χ3n) is 3.48. The lowest BCUT2D eigenvalue weighted by Gasteiger charge is -2.32. The van der Waals surface area contributed by atoms with Gasteiger partial charge < -0.3 is 10.4 Å². The molecule has 6 heteroatoms. The highest BCUT2D eigenvalue weighted by Crippen LogP contribution is 2.12. The predicted octanol–water partition coefficient (Wildman–Crippen LogP) is 1.46. The van der Waals surface area contributed by atoms with Crippen LogP contribution in [0, 0.1) is 0 Å². The van der Waals surface area contributed by atoms with Crippen LogP contribution < -0.4 is 5.32 Å². The van der Waals surface area contributed by atoms with Crippen molar-refractivity contribution in [3.63, 3.8) is 0 Å². The predicted molar refractivity (Wildman–Crippen MR) is 72.4 cm³/mol. The van der Waals surface area contributed by atoms with Crippen molar-refractivity contribution in [2.75, 3.05) is 25.0 Å². The van der Waals surface area contributed by atoms with Gasteiger partial charge in [0.15, 0.2) is 5.69 Å². The number of hydrogen-bond acceptors (Lipinski definition) is 5. The number of aromatic carboxylic acids is 1. The zero-order chi connectivity index (χ0) is 13.7. The van der Waals surface area contributed by atoms with E-state index in [0.29, 0.717) is 11.9 Å². The third-order valence-corrected chi connectivity index (χ3v) is 3.48. The molecule has 0 aliphatic carbocycles. The highest BCUT2D eigenvalue weighted by Gasteiger charge is 2.16. The van der Waals surface area contributed by atoms with Crippen LogP contribution in [-0.4, -0.2) is 51.8 Å². The summed E-state index contributed by atoms with van der Waals surface area (Å²) in [6.07, 6.45) is 3.88. The van der Waals surface area contributed by atoms with Gasteiger partial charge in [0.2, 0.25) is 0 Å². The van der Waals surface area contributed by atoms with Crippen LogP contribution in [0.25, 0.3) is 0 Å². The Hall–Kier alpha value is -1.69. The lowest BCUT2D eigenvalue weighted by atomic mass is 10.1. The lowest BCUT2D eigenvalue weighted by Crippen LogP contribution is -2.41. The maximum Gasteiger partial charge on any atom is 0.356 e. The molecule has 0 saturated carbocycles. The number of carboxylic acids is 1. The van der Waals surface area contributed by atoms with E-state index in [4.69, 9.17) is 5.11 Å². The van der Waals surface area contributed by atoms with Gasteiger partial charge in [-0.25, -0.2) is 4.79 Å². The molecule has 2 heterocycles. The minimum atomic E-state index is -1.05. The fraction of sp³-hybridized carbons (Fsp3) is 0.615. The summed E-state index contributed by atoms with van der Waals surface area (Å²) in [6.45, 7) is 5.30. The molecule has 0 radical (unpaired) electrons. The van der Waals surface area contributed by atoms with E-state index in [2.05, 4.69) is 27.3 Å². The van der Waals surface area contributed by atoms with Crippen molar-refractivity contribution in [1.82, 2.24) is 15.1 Å². The Labute approximate surface area is 112 Å². The molecule has 2 rings (SSSR count). The number of anilines is 1. The van der Waals surface area contributed by atoms with Crippen LogP contribution in [0.15, 0.2) is 12.1 Å². The van der Waals surface area contributed by atoms with Crippen LogP contribution in [0.1, 0.15) is 36.7 Å². The second-order valence-electron chi connectivity index (χ2n) is 4.94. The van der Waals surface area contributed by atoms with Crippen LogP contribution in [0.2, 0.25) is 0 Å². The number of aromatic nitrogens is 2. The molecule has 1 unspecified atom stereocenters. The van der Waals surface area contributed by atoms with E-state index in [9.17, 15) is 4.79 Å². The molecule has 19 heavy (non-hydrogen) atoms. The molecule has 6 nitrogen and oxygen atoms in total. The van der Waals surface area contributed by atoms with Gasteiger partial charge in [-0.1, -0.05) is 6.42 Å². The molecule has 104 valence electrons. The fourth-order valence-electron chi connectivity index (χ4n) is 2.28. The first kappa shape index (κ1) is 13.7. The zero-order valence-electron chi connectivity index (χ0n) is 11.2. The zero-order valence-corrected chi connectivity index (χ0v) is 11.2. The summed E-state index contributed by atoms with van der Waals surface area (Å²) < 4.78 is 0. The van der Waals surface area contributed by atoms with Gasteiger partial charge in [0.25, 0.3) is 0 Å². The Morgan fingerprint density at radius 1 is 1.37 bits per heavy atom. The van der Waals surface area contributed by atoms with Gasteiger partial charge in [-0.3, -0.25) is 4.90 Å². The molecule has 0 spiro atoms. The molecule has 1 aromatic heterocycles. The Morgan fingerprint density at radius 2 is 2.11 bits per heavy atom. The summed E-state index contributed by atoms with van der Waals surface area (Å²) in [6, 6.07) is 3.56. The standard InChI is InChI=1S/C13H20N4O2/c1-10(17-7-3-2-4-8-17)9-14-12-6-5-11(13(18)19)15-16-12/h5-6,10H,2-4,7-9H2,1H3,(H,14,16)(H,18,19). The number of nitrogens with zero attached hydrogens (tertiary/aromatic N) is 3. The summed E-state index contributed by atoms with van der Waals surface area (Å²) in [7, 11) is 0. The van der Waals surface area contributed by atoms with Gasteiger partial charge in [0, 0.05) is 12.6 Å². The molecule has 0 amide bonds. The SMILES string of the molecule is CC(CNc1ccc(C(=O)O)nn1)N1CCCCC1. The Bertz CT molecular complexity index is 415. The van der Waals surface area contributed by atoms with Gasteiger partial charge >= 0.3 is 5.97 Å². The quantitative estimate of drug-likeness (QED) is 0.838. The van der Waals surface area contributed by atoms with E-state index in [1.165, 1.54) is 25.3 Å².